The van der Waals surface area contributed by atoms with Gasteiger partial charge in [-0.3, -0.25) is 24.1 Å². The number of fused-ring (bicyclic) bond motifs is 2. The van der Waals surface area contributed by atoms with Gasteiger partial charge in [0.25, 0.3) is 11.8 Å². The number of amides is 2. The number of thiazole rings is 1. The predicted octanol–water partition coefficient (Wildman–Crippen LogP) is 2.36. The SMILES string of the molecule is COC(=O)C1(CC(=O)O)C(=O)N(Cc2nc3ccccc3s2)C(=O)c2ccccc21. The van der Waals surface area contributed by atoms with Crippen molar-refractivity contribution in [1.29, 1.82) is 0 Å². The van der Waals surface area contributed by atoms with Gasteiger partial charge in [0.1, 0.15) is 5.01 Å². The summed E-state index contributed by atoms with van der Waals surface area (Å²) in [6.45, 7) is -0.177. The number of carboxylic acids is 1. The molecule has 0 spiro atoms. The Bertz CT molecular complexity index is 1170. The molecular weight excluding hydrogens is 408 g/mol. The number of para-hydroxylation sites is 1. The lowest BCUT2D eigenvalue weighted by Crippen LogP contribution is -2.58. The van der Waals surface area contributed by atoms with Crippen molar-refractivity contribution in [3.05, 3.63) is 64.7 Å². The van der Waals surface area contributed by atoms with Gasteiger partial charge in [0.2, 0.25) is 0 Å². The molecule has 0 saturated carbocycles. The van der Waals surface area contributed by atoms with Crippen molar-refractivity contribution in [2.75, 3.05) is 7.11 Å². The van der Waals surface area contributed by atoms with Gasteiger partial charge in [-0.25, -0.2) is 4.98 Å². The number of hydrogen-bond donors (Lipinski definition) is 1. The van der Waals surface area contributed by atoms with E-state index in [4.69, 9.17) is 4.74 Å². The van der Waals surface area contributed by atoms with E-state index in [1.54, 1.807) is 12.1 Å². The fraction of sp³-hybridized carbons (Fsp3) is 0.190. The van der Waals surface area contributed by atoms with Gasteiger partial charge in [0.15, 0.2) is 5.41 Å². The Kier molecular flexibility index (Phi) is 4.83. The fourth-order valence-corrected chi connectivity index (χ4v) is 4.69. The van der Waals surface area contributed by atoms with Crippen molar-refractivity contribution >= 4 is 45.3 Å². The van der Waals surface area contributed by atoms with Crippen LogP contribution in [0.1, 0.15) is 27.3 Å². The minimum atomic E-state index is -2.15. The summed E-state index contributed by atoms with van der Waals surface area (Å²) in [5.41, 5.74) is -1.30. The Morgan fingerprint density at radius 2 is 1.83 bits per heavy atom. The molecule has 3 aromatic rings. The number of aromatic nitrogens is 1. The molecule has 4 rings (SSSR count). The van der Waals surface area contributed by atoms with E-state index >= 15 is 0 Å². The summed E-state index contributed by atoms with van der Waals surface area (Å²) >= 11 is 1.31. The van der Waals surface area contributed by atoms with Crippen molar-refractivity contribution in [2.45, 2.75) is 18.4 Å². The van der Waals surface area contributed by atoms with Crippen LogP contribution in [-0.4, -0.2) is 45.9 Å². The molecule has 152 valence electrons. The average molecular weight is 424 g/mol. The molecule has 0 saturated heterocycles. The van der Waals surface area contributed by atoms with Crippen LogP contribution >= 0.6 is 11.3 Å². The van der Waals surface area contributed by atoms with Gasteiger partial charge in [0.05, 0.1) is 30.3 Å². The van der Waals surface area contributed by atoms with Gasteiger partial charge in [-0.15, -0.1) is 11.3 Å². The lowest BCUT2D eigenvalue weighted by atomic mass is 9.71. The van der Waals surface area contributed by atoms with E-state index in [0.29, 0.717) is 5.01 Å². The average Bonchev–Trinajstić information content (AvgIpc) is 3.16. The Morgan fingerprint density at radius 3 is 2.53 bits per heavy atom. The van der Waals surface area contributed by atoms with Gasteiger partial charge in [-0.05, 0) is 23.8 Å². The van der Waals surface area contributed by atoms with Gasteiger partial charge < -0.3 is 9.84 Å². The van der Waals surface area contributed by atoms with Crippen molar-refractivity contribution in [3.8, 4) is 0 Å². The fourth-order valence-electron chi connectivity index (χ4n) is 3.73. The predicted molar refractivity (Wildman–Crippen MR) is 107 cm³/mol. The van der Waals surface area contributed by atoms with Gasteiger partial charge in [-0.2, -0.15) is 0 Å². The van der Waals surface area contributed by atoms with Crippen LogP contribution in [0.15, 0.2) is 48.5 Å². The minimum absolute atomic E-state index is 0.0369. The highest BCUT2D eigenvalue weighted by atomic mass is 32.1. The van der Waals surface area contributed by atoms with Crippen molar-refractivity contribution < 1.29 is 29.0 Å². The van der Waals surface area contributed by atoms with Gasteiger partial charge in [-0.1, -0.05) is 30.3 Å². The van der Waals surface area contributed by atoms with E-state index < -0.39 is 35.6 Å². The first-order valence-electron chi connectivity index (χ1n) is 8.99. The van der Waals surface area contributed by atoms with Gasteiger partial charge in [0, 0.05) is 5.56 Å². The van der Waals surface area contributed by atoms with Crippen LogP contribution in [0.2, 0.25) is 0 Å². The first kappa shape index (κ1) is 19.7. The van der Waals surface area contributed by atoms with Crippen molar-refractivity contribution in [3.63, 3.8) is 0 Å². The van der Waals surface area contributed by atoms with Crippen LogP contribution in [0.3, 0.4) is 0 Å². The maximum Gasteiger partial charge on any atom is 0.326 e. The Labute approximate surface area is 174 Å². The third-order valence-corrected chi connectivity index (χ3v) is 6.08. The molecule has 2 heterocycles. The lowest BCUT2D eigenvalue weighted by molar-refractivity contribution is -0.161. The number of imide groups is 1. The molecule has 1 aliphatic heterocycles. The maximum absolute atomic E-state index is 13.5. The van der Waals surface area contributed by atoms with E-state index in [-0.39, 0.29) is 17.7 Å². The number of aliphatic carboxylic acids is 1. The van der Waals surface area contributed by atoms with Crippen molar-refractivity contribution in [1.82, 2.24) is 9.88 Å². The van der Waals surface area contributed by atoms with Crippen LogP contribution in [0.5, 0.6) is 0 Å². The number of carbonyl (C=O) groups excluding carboxylic acids is 3. The summed E-state index contributed by atoms with van der Waals surface area (Å²) in [5.74, 6) is -3.93. The van der Waals surface area contributed by atoms with Crippen LogP contribution in [0.4, 0.5) is 0 Å². The van der Waals surface area contributed by atoms with Crippen LogP contribution < -0.4 is 0 Å². The number of nitrogens with zero attached hydrogens (tertiary/aromatic N) is 2. The number of rotatable bonds is 5. The summed E-state index contributed by atoms with van der Waals surface area (Å²) in [5, 5.41) is 9.97. The van der Waals surface area contributed by atoms with E-state index in [1.807, 2.05) is 24.3 Å². The molecule has 1 N–H and O–H groups in total. The molecule has 2 aromatic carbocycles. The quantitative estimate of drug-likeness (QED) is 0.380. The molecule has 8 nitrogen and oxygen atoms in total. The number of methoxy groups -OCH3 is 1. The number of benzene rings is 2. The Balaban J connectivity index is 1.86. The number of carbonyl (C=O) groups is 4. The van der Waals surface area contributed by atoms with E-state index in [0.717, 1.165) is 22.2 Å². The molecule has 0 radical (unpaired) electrons. The monoisotopic (exact) mass is 424 g/mol. The summed E-state index contributed by atoms with van der Waals surface area (Å²) in [4.78, 5) is 56.4. The Hall–Kier alpha value is -3.59. The number of carboxylic acid groups (broad SMARTS) is 1. The molecule has 2 amide bonds. The lowest BCUT2D eigenvalue weighted by Gasteiger charge is -2.38. The molecule has 1 unspecified atom stereocenters. The molecule has 0 bridgehead atoms. The highest BCUT2D eigenvalue weighted by molar-refractivity contribution is 7.18. The van der Waals surface area contributed by atoms with E-state index in [2.05, 4.69) is 4.98 Å². The first-order chi connectivity index (χ1) is 14.4. The zero-order valence-corrected chi connectivity index (χ0v) is 16.6. The molecule has 0 fully saturated rings. The second kappa shape index (κ2) is 7.34. The molecule has 30 heavy (non-hydrogen) atoms. The zero-order chi connectivity index (χ0) is 21.5. The maximum atomic E-state index is 13.5. The first-order valence-corrected chi connectivity index (χ1v) is 9.80. The van der Waals surface area contributed by atoms with Crippen LogP contribution in [0, 0.1) is 0 Å². The zero-order valence-electron chi connectivity index (χ0n) is 15.8. The molecule has 0 aliphatic carbocycles. The molecule has 1 atom stereocenters. The summed E-state index contributed by atoms with van der Waals surface area (Å²) < 4.78 is 5.71. The van der Waals surface area contributed by atoms with E-state index in [1.165, 1.54) is 23.5 Å². The molecular formula is C21H16N2O6S. The molecule has 1 aromatic heterocycles. The number of hydrogen-bond acceptors (Lipinski definition) is 7. The molecule has 9 heteroatoms. The topological polar surface area (TPSA) is 114 Å². The largest absolute Gasteiger partial charge is 0.481 e. The van der Waals surface area contributed by atoms with Crippen LogP contribution in [0.25, 0.3) is 10.2 Å². The molecule has 1 aliphatic rings. The standard InChI is InChI=1S/C21H16N2O6S/c1-29-20(28)21(10-17(24)25)13-7-3-2-6-12(13)18(26)23(19(21)27)11-16-22-14-8-4-5-9-15(14)30-16/h2-9H,10-11H2,1H3,(H,24,25). The second-order valence-electron chi connectivity index (χ2n) is 6.78. The van der Waals surface area contributed by atoms with Crippen LogP contribution in [-0.2, 0) is 31.1 Å². The third-order valence-electron chi connectivity index (χ3n) is 5.05. The Morgan fingerprint density at radius 1 is 1.13 bits per heavy atom. The van der Waals surface area contributed by atoms with Crippen molar-refractivity contribution in [2.24, 2.45) is 0 Å². The smallest absolute Gasteiger partial charge is 0.326 e. The summed E-state index contributed by atoms with van der Waals surface area (Å²) in [6, 6.07) is 13.4. The van der Waals surface area contributed by atoms with Gasteiger partial charge >= 0.3 is 11.9 Å². The normalized spacial score (nSPS) is 18.4. The number of ether oxygens (including phenoxy) is 1. The highest BCUT2D eigenvalue weighted by Crippen LogP contribution is 2.40. The second-order valence-corrected chi connectivity index (χ2v) is 7.90. The highest BCUT2D eigenvalue weighted by Gasteiger charge is 2.58. The summed E-state index contributed by atoms with van der Waals surface area (Å²) in [6.07, 6.45) is -0.834. The summed E-state index contributed by atoms with van der Waals surface area (Å²) in [7, 11) is 1.08. The van der Waals surface area contributed by atoms with E-state index in [9.17, 15) is 24.3 Å². The minimum Gasteiger partial charge on any atom is -0.481 e. The third kappa shape index (κ3) is 2.94. The number of esters is 1.